The first kappa shape index (κ1) is 13.1. The Kier molecular flexibility index (Phi) is 3.51. The van der Waals surface area contributed by atoms with Gasteiger partial charge in [-0.15, -0.1) is 0 Å². The zero-order valence-corrected chi connectivity index (χ0v) is 11.8. The van der Waals surface area contributed by atoms with E-state index < -0.39 is 0 Å². The summed E-state index contributed by atoms with van der Waals surface area (Å²) in [7, 11) is 1.76. The fourth-order valence-corrected chi connectivity index (χ4v) is 1.99. The molecule has 6 heteroatoms. The highest BCUT2D eigenvalue weighted by Gasteiger charge is 2.12. The number of nitrogens with one attached hydrogen (secondary N) is 2. The van der Waals surface area contributed by atoms with Crippen LogP contribution in [-0.2, 0) is 0 Å². The number of benzene rings is 1. The van der Waals surface area contributed by atoms with Gasteiger partial charge in [-0.2, -0.15) is 9.97 Å². The van der Waals surface area contributed by atoms with Gasteiger partial charge in [0.2, 0.25) is 5.95 Å². The maximum atomic E-state index is 5.96. The largest absolute Gasteiger partial charge is 0.436 e. The van der Waals surface area contributed by atoms with E-state index >= 15 is 0 Å². The first-order valence-electron chi connectivity index (χ1n) is 6.60. The predicted octanol–water partition coefficient (Wildman–Crippen LogP) is 3.22. The highest BCUT2D eigenvalue weighted by molar-refractivity contribution is 5.77. The second kappa shape index (κ2) is 5.62. The lowest BCUT2D eigenvalue weighted by Gasteiger charge is -2.09. The molecule has 0 amide bonds. The molecule has 2 aromatic heterocycles. The van der Waals surface area contributed by atoms with Gasteiger partial charge in [-0.25, -0.2) is 4.98 Å². The number of nitrogens with zero attached hydrogens (tertiary/aromatic N) is 3. The summed E-state index contributed by atoms with van der Waals surface area (Å²) in [5, 5.41) is 2.90. The quantitative estimate of drug-likeness (QED) is 0.768. The summed E-state index contributed by atoms with van der Waals surface area (Å²) in [4.78, 5) is 15.8. The van der Waals surface area contributed by atoms with Gasteiger partial charge in [-0.3, -0.25) is 0 Å². The van der Waals surface area contributed by atoms with E-state index in [4.69, 9.17) is 4.74 Å². The van der Waals surface area contributed by atoms with Crippen molar-refractivity contribution in [3.8, 4) is 11.6 Å². The van der Waals surface area contributed by atoms with E-state index in [-0.39, 0.29) is 0 Å². The fraction of sp³-hybridized carbons (Fsp3) is 0.133. The van der Waals surface area contributed by atoms with Crippen LogP contribution in [0.4, 0.5) is 5.95 Å². The number of rotatable bonds is 4. The van der Waals surface area contributed by atoms with Crippen molar-refractivity contribution in [2.24, 2.45) is 0 Å². The maximum absolute atomic E-state index is 5.96. The molecule has 0 aliphatic rings. The normalized spacial score (nSPS) is 11.1. The lowest BCUT2D eigenvalue weighted by Crippen LogP contribution is -1.99. The molecular weight excluding hydrogens is 266 g/mol. The van der Waals surface area contributed by atoms with Gasteiger partial charge in [0.15, 0.2) is 5.65 Å². The monoisotopic (exact) mass is 281 g/mol. The predicted molar refractivity (Wildman–Crippen MR) is 82.5 cm³/mol. The molecular formula is C15H15N5O. The molecule has 2 heterocycles. The van der Waals surface area contributed by atoms with Crippen LogP contribution in [0.15, 0.2) is 36.7 Å². The minimum absolute atomic E-state index is 0.443. The topological polar surface area (TPSA) is 75.7 Å². The molecule has 106 valence electrons. The first-order chi connectivity index (χ1) is 10.3. The van der Waals surface area contributed by atoms with Crippen molar-refractivity contribution >= 4 is 23.2 Å². The van der Waals surface area contributed by atoms with Crippen LogP contribution < -0.4 is 10.1 Å². The van der Waals surface area contributed by atoms with Crippen LogP contribution in [0.2, 0.25) is 0 Å². The standard InChI is InChI=1S/C15H15N5O/c1-3-6-10-7-4-5-8-11(10)21-14-12-13(18-9-17-12)19-15(16-2)20-14/h3-9H,1-2H3,(H2,16,17,18,19,20)/b6-3+. The Balaban J connectivity index is 2.07. The smallest absolute Gasteiger partial charge is 0.250 e. The molecule has 0 spiro atoms. The highest BCUT2D eigenvalue weighted by atomic mass is 16.5. The second-order valence-electron chi connectivity index (χ2n) is 4.34. The van der Waals surface area contributed by atoms with Crippen molar-refractivity contribution in [2.75, 3.05) is 12.4 Å². The van der Waals surface area contributed by atoms with Crippen LogP contribution in [0, 0.1) is 0 Å². The van der Waals surface area contributed by atoms with Crippen molar-refractivity contribution in [2.45, 2.75) is 6.92 Å². The van der Waals surface area contributed by atoms with E-state index in [1.54, 1.807) is 13.4 Å². The molecule has 21 heavy (non-hydrogen) atoms. The number of anilines is 1. The summed E-state index contributed by atoms with van der Waals surface area (Å²) in [6, 6.07) is 7.78. The summed E-state index contributed by atoms with van der Waals surface area (Å²) < 4.78 is 5.96. The van der Waals surface area contributed by atoms with Crippen LogP contribution in [-0.4, -0.2) is 27.0 Å². The summed E-state index contributed by atoms with van der Waals surface area (Å²) >= 11 is 0. The summed E-state index contributed by atoms with van der Waals surface area (Å²) in [5.74, 6) is 1.64. The minimum atomic E-state index is 0.443. The first-order valence-corrected chi connectivity index (χ1v) is 6.60. The average Bonchev–Trinajstić information content (AvgIpc) is 2.98. The van der Waals surface area contributed by atoms with Crippen molar-refractivity contribution in [1.82, 2.24) is 19.9 Å². The molecule has 0 saturated carbocycles. The number of aromatic amines is 1. The molecule has 0 aliphatic heterocycles. The Bertz CT molecular complexity index is 794. The van der Waals surface area contributed by atoms with E-state index in [2.05, 4.69) is 25.3 Å². The van der Waals surface area contributed by atoms with Crippen LogP contribution in [0.1, 0.15) is 12.5 Å². The van der Waals surface area contributed by atoms with E-state index in [1.807, 2.05) is 43.3 Å². The van der Waals surface area contributed by atoms with Crippen LogP contribution >= 0.6 is 0 Å². The number of allylic oxidation sites excluding steroid dienone is 1. The minimum Gasteiger partial charge on any atom is -0.436 e. The molecule has 0 unspecified atom stereocenters. The SMILES string of the molecule is C/C=C/c1ccccc1Oc1nc(NC)nc2nc[nH]c12. The van der Waals surface area contributed by atoms with Gasteiger partial charge in [-0.1, -0.05) is 30.4 Å². The third-order valence-corrected chi connectivity index (χ3v) is 2.95. The van der Waals surface area contributed by atoms with Crippen molar-refractivity contribution in [3.05, 3.63) is 42.2 Å². The van der Waals surface area contributed by atoms with Gasteiger partial charge in [0, 0.05) is 12.6 Å². The number of fused-ring (bicyclic) bond motifs is 1. The van der Waals surface area contributed by atoms with Crippen molar-refractivity contribution < 1.29 is 4.74 Å². The molecule has 0 radical (unpaired) electrons. The summed E-state index contributed by atoms with van der Waals surface area (Å²) in [5.41, 5.74) is 2.22. The van der Waals surface area contributed by atoms with Crippen LogP contribution in [0.5, 0.6) is 11.6 Å². The van der Waals surface area contributed by atoms with Gasteiger partial charge >= 0.3 is 0 Å². The highest BCUT2D eigenvalue weighted by Crippen LogP contribution is 2.29. The maximum Gasteiger partial charge on any atom is 0.250 e. The Morgan fingerprint density at radius 3 is 2.90 bits per heavy atom. The number of aromatic nitrogens is 4. The van der Waals surface area contributed by atoms with Crippen LogP contribution in [0.25, 0.3) is 17.2 Å². The zero-order valence-electron chi connectivity index (χ0n) is 11.8. The van der Waals surface area contributed by atoms with Gasteiger partial charge in [-0.05, 0) is 13.0 Å². The average molecular weight is 281 g/mol. The molecule has 0 saturated heterocycles. The fourth-order valence-electron chi connectivity index (χ4n) is 1.99. The van der Waals surface area contributed by atoms with Crippen molar-refractivity contribution in [1.29, 1.82) is 0 Å². The number of imidazole rings is 1. The van der Waals surface area contributed by atoms with Gasteiger partial charge in [0.05, 0.1) is 6.33 Å². The van der Waals surface area contributed by atoms with E-state index in [9.17, 15) is 0 Å². The van der Waals surface area contributed by atoms with Crippen molar-refractivity contribution in [3.63, 3.8) is 0 Å². The van der Waals surface area contributed by atoms with E-state index in [0.29, 0.717) is 23.0 Å². The number of para-hydroxylation sites is 1. The number of ether oxygens (including phenoxy) is 1. The molecule has 0 atom stereocenters. The number of H-pyrrole nitrogens is 1. The molecule has 3 rings (SSSR count). The third kappa shape index (κ3) is 2.55. The van der Waals surface area contributed by atoms with E-state index in [0.717, 1.165) is 11.3 Å². The third-order valence-electron chi connectivity index (χ3n) is 2.95. The van der Waals surface area contributed by atoms with Gasteiger partial charge < -0.3 is 15.0 Å². The Labute approximate surface area is 121 Å². The Morgan fingerprint density at radius 1 is 1.24 bits per heavy atom. The number of hydrogen-bond acceptors (Lipinski definition) is 5. The second-order valence-corrected chi connectivity index (χ2v) is 4.34. The lowest BCUT2D eigenvalue weighted by atomic mass is 10.2. The molecule has 6 nitrogen and oxygen atoms in total. The summed E-state index contributed by atoms with van der Waals surface area (Å²) in [6.07, 6.45) is 5.52. The lowest BCUT2D eigenvalue weighted by molar-refractivity contribution is 0.467. The van der Waals surface area contributed by atoms with E-state index in [1.165, 1.54) is 0 Å². The molecule has 0 aliphatic carbocycles. The summed E-state index contributed by atoms with van der Waals surface area (Å²) in [6.45, 7) is 1.97. The van der Waals surface area contributed by atoms with Gasteiger partial charge in [0.1, 0.15) is 11.3 Å². The van der Waals surface area contributed by atoms with Crippen LogP contribution in [0.3, 0.4) is 0 Å². The Hall–Kier alpha value is -2.89. The molecule has 0 fully saturated rings. The Morgan fingerprint density at radius 2 is 2.10 bits per heavy atom. The van der Waals surface area contributed by atoms with Gasteiger partial charge in [0.25, 0.3) is 5.88 Å². The number of hydrogen-bond donors (Lipinski definition) is 2. The molecule has 0 bridgehead atoms. The molecule has 1 aromatic carbocycles. The molecule has 3 aromatic rings. The zero-order chi connectivity index (χ0) is 14.7. The molecule has 2 N–H and O–H groups in total.